The molecule has 2 N–H and O–H groups in total. The zero-order chi connectivity index (χ0) is 27.9. The van der Waals surface area contributed by atoms with Crippen molar-refractivity contribution in [2.75, 3.05) is 0 Å². The van der Waals surface area contributed by atoms with E-state index in [1.165, 1.54) is 0 Å². The molecule has 2 nitrogen and oxygen atoms in total. The second kappa shape index (κ2) is 9.31. The largest absolute Gasteiger partial charge is 0.507 e. The van der Waals surface area contributed by atoms with Gasteiger partial charge in [-0.05, 0) is 45.9 Å². The summed E-state index contributed by atoms with van der Waals surface area (Å²) in [4.78, 5) is 0. The van der Waals surface area contributed by atoms with Gasteiger partial charge in [0.05, 0.1) is 8.88 Å². The van der Waals surface area contributed by atoms with Gasteiger partial charge in [0.15, 0.2) is 0 Å². The zero-order valence-electron chi connectivity index (χ0n) is 23.7. The van der Waals surface area contributed by atoms with Crippen LogP contribution in [0.2, 0.25) is 0 Å². The summed E-state index contributed by atoms with van der Waals surface area (Å²) in [6.07, 6.45) is 0. The Bertz CT molecular complexity index is 1120. The highest BCUT2D eigenvalue weighted by molar-refractivity contribution is 9.48. The molecular formula is C28H42O2P2S4. The Balaban J connectivity index is 2.15. The Kier molecular flexibility index (Phi) is 7.91. The molecule has 1 fully saturated rings. The van der Waals surface area contributed by atoms with Crippen LogP contribution in [0.5, 0.6) is 11.5 Å². The van der Waals surface area contributed by atoms with Crippen LogP contribution in [0.25, 0.3) is 0 Å². The van der Waals surface area contributed by atoms with Crippen molar-refractivity contribution in [2.24, 2.45) is 0 Å². The standard InChI is InChI=1S/C28H42O2P2S4/c1-25(2,3)19-13-17(14-20(23(19)29)26(4,5)6)31(33)35-32(34,36-31)18-15-21(27(7,8)9)24(30)22(16-18)28(10,11)12/h13-16,29-30H,1-12H3. The normalized spacial score (nSPS) is 23.4. The van der Waals surface area contributed by atoms with Crippen molar-refractivity contribution in [2.45, 2.75) is 105 Å². The van der Waals surface area contributed by atoms with Gasteiger partial charge in [0, 0.05) is 32.9 Å². The number of aromatic hydroxyl groups is 2. The minimum Gasteiger partial charge on any atom is -0.507 e. The van der Waals surface area contributed by atoms with Gasteiger partial charge in [0.2, 0.25) is 0 Å². The van der Waals surface area contributed by atoms with E-state index < -0.39 is 8.88 Å². The first-order valence-corrected chi connectivity index (χ1v) is 22.0. The highest BCUT2D eigenvalue weighted by Crippen LogP contribution is 3.04. The fourth-order valence-electron chi connectivity index (χ4n) is 4.32. The summed E-state index contributed by atoms with van der Waals surface area (Å²) in [7, 11) is 0. The van der Waals surface area contributed by atoms with E-state index in [9.17, 15) is 10.2 Å². The van der Waals surface area contributed by atoms with Crippen molar-refractivity contribution in [1.82, 2.24) is 0 Å². The van der Waals surface area contributed by atoms with Gasteiger partial charge in [-0.1, -0.05) is 129 Å². The molecule has 1 aliphatic rings. The van der Waals surface area contributed by atoms with Gasteiger partial charge >= 0.3 is 0 Å². The van der Waals surface area contributed by atoms with Gasteiger partial charge in [-0.3, -0.25) is 0 Å². The maximum atomic E-state index is 11.2. The molecule has 8 heteroatoms. The van der Waals surface area contributed by atoms with Crippen molar-refractivity contribution in [3.05, 3.63) is 46.5 Å². The SMILES string of the molecule is CC(C)(C)c1cc(P2(=S)SP(=S)(c3cc(C(C)(C)C)c(O)c(C(C)(C)C)c3)S2)cc(C(C)(C)C)c1O. The molecule has 2 aromatic rings. The molecule has 0 bridgehead atoms. The van der Waals surface area contributed by atoms with E-state index in [-0.39, 0.29) is 21.7 Å². The van der Waals surface area contributed by atoms with E-state index >= 15 is 0 Å². The summed E-state index contributed by atoms with van der Waals surface area (Å²) in [6, 6.07) is 8.56. The first-order chi connectivity index (χ1) is 15.9. The Morgan fingerprint density at radius 2 is 0.694 bits per heavy atom. The van der Waals surface area contributed by atoms with E-state index in [0.29, 0.717) is 11.5 Å². The lowest BCUT2D eigenvalue weighted by Crippen LogP contribution is -2.23. The van der Waals surface area contributed by atoms with Crippen LogP contribution in [0, 0.1) is 0 Å². The van der Waals surface area contributed by atoms with Crippen LogP contribution < -0.4 is 10.6 Å². The summed E-state index contributed by atoms with van der Waals surface area (Å²) in [5, 5.41) is 24.7. The van der Waals surface area contributed by atoms with Crippen LogP contribution in [0.4, 0.5) is 0 Å². The number of hydrogen-bond donors (Lipinski definition) is 2. The van der Waals surface area contributed by atoms with Crippen LogP contribution in [-0.4, -0.2) is 10.2 Å². The molecule has 0 atom stereocenters. The highest BCUT2D eigenvalue weighted by atomic mass is 33.7. The molecule has 2 aromatic carbocycles. The van der Waals surface area contributed by atoms with E-state index in [4.69, 9.17) is 23.6 Å². The predicted molar refractivity (Wildman–Crippen MR) is 174 cm³/mol. The quantitative estimate of drug-likeness (QED) is 0.335. The summed E-state index contributed by atoms with van der Waals surface area (Å²) in [5.41, 5.74) is 3.00. The minimum atomic E-state index is -2.03. The first-order valence-electron chi connectivity index (χ1n) is 12.3. The van der Waals surface area contributed by atoms with Crippen molar-refractivity contribution in [1.29, 1.82) is 0 Å². The van der Waals surface area contributed by atoms with Crippen LogP contribution >= 0.6 is 30.9 Å². The van der Waals surface area contributed by atoms with Crippen molar-refractivity contribution in [3.8, 4) is 11.5 Å². The third-order valence-corrected chi connectivity index (χ3v) is 37.6. The molecule has 0 aromatic heterocycles. The molecule has 36 heavy (non-hydrogen) atoms. The van der Waals surface area contributed by atoms with Crippen LogP contribution in [0.1, 0.15) is 105 Å². The van der Waals surface area contributed by atoms with Crippen molar-refractivity contribution in [3.63, 3.8) is 0 Å². The maximum Gasteiger partial charge on any atom is 0.123 e. The Hall–Kier alpha value is 0.0400. The molecule has 0 radical (unpaired) electrons. The second-order valence-corrected chi connectivity index (χ2v) is 35.2. The lowest BCUT2D eigenvalue weighted by molar-refractivity contribution is 0.423. The molecule has 0 aliphatic carbocycles. The molecule has 0 saturated carbocycles. The molecule has 200 valence electrons. The molecular weight excluding hydrogens is 559 g/mol. The van der Waals surface area contributed by atoms with E-state index in [1.54, 1.807) is 0 Å². The van der Waals surface area contributed by atoms with E-state index in [2.05, 4.69) is 107 Å². The number of rotatable bonds is 2. The van der Waals surface area contributed by atoms with Crippen LogP contribution in [0.15, 0.2) is 24.3 Å². The second-order valence-electron chi connectivity index (χ2n) is 13.9. The van der Waals surface area contributed by atoms with E-state index in [1.807, 2.05) is 22.0 Å². The predicted octanol–water partition coefficient (Wildman–Crippen LogP) is 9.34. The van der Waals surface area contributed by atoms with Crippen molar-refractivity contribution >= 4 is 65.1 Å². The minimum absolute atomic E-state index is 0.199. The molecule has 1 saturated heterocycles. The molecule has 0 amide bonds. The van der Waals surface area contributed by atoms with E-state index in [0.717, 1.165) is 32.9 Å². The van der Waals surface area contributed by atoms with Gasteiger partial charge in [0.25, 0.3) is 0 Å². The topological polar surface area (TPSA) is 40.5 Å². The Labute approximate surface area is 236 Å². The highest BCUT2D eigenvalue weighted by Gasteiger charge is 2.48. The van der Waals surface area contributed by atoms with Gasteiger partial charge in [-0.25, -0.2) is 0 Å². The monoisotopic (exact) mass is 600 g/mol. The average Bonchev–Trinajstić information content (AvgIpc) is 2.63. The molecule has 0 spiro atoms. The first kappa shape index (κ1) is 30.6. The fraction of sp³-hybridized carbons (Fsp3) is 0.571. The Morgan fingerprint density at radius 1 is 0.500 bits per heavy atom. The average molecular weight is 601 g/mol. The molecule has 1 aliphatic heterocycles. The van der Waals surface area contributed by atoms with Gasteiger partial charge < -0.3 is 10.2 Å². The number of phenols is 2. The molecule has 0 unspecified atom stereocenters. The molecule has 3 rings (SSSR count). The lowest BCUT2D eigenvalue weighted by Gasteiger charge is -2.42. The number of phenolic OH excluding ortho intramolecular Hbond substituents is 2. The van der Waals surface area contributed by atoms with Gasteiger partial charge in [-0.2, -0.15) is 0 Å². The fourth-order valence-corrected chi connectivity index (χ4v) is 46.4. The smallest absolute Gasteiger partial charge is 0.123 e. The van der Waals surface area contributed by atoms with Crippen LogP contribution in [0.3, 0.4) is 0 Å². The van der Waals surface area contributed by atoms with Gasteiger partial charge in [0.1, 0.15) is 11.5 Å². The lowest BCUT2D eigenvalue weighted by atomic mass is 9.79. The maximum absolute atomic E-state index is 11.2. The zero-order valence-corrected chi connectivity index (χ0v) is 28.8. The summed E-state index contributed by atoms with van der Waals surface area (Å²) < 4.78 is -4.06. The summed E-state index contributed by atoms with van der Waals surface area (Å²) in [5.74, 6) is 0.775. The number of hydrogen-bond acceptors (Lipinski definition) is 6. The molecule has 1 heterocycles. The third kappa shape index (κ3) is 5.80. The van der Waals surface area contributed by atoms with Crippen LogP contribution in [-0.2, 0) is 45.3 Å². The Morgan fingerprint density at radius 3 is 0.861 bits per heavy atom. The van der Waals surface area contributed by atoms with Crippen molar-refractivity contribution < 1.29 is 10.2 Å². The third-order valence-electron chi connectivity index (χ3n) is 6.48. The summed E-state index contributed by atoms with van der Waals surface area (Å²) in [6.45, 7) is 25.6. The number of benzene rings is 2. The van der Waals surface area contributed by atoms with Gasteiger partial charge in [-0.15, -0.1) is 0 Å². The summed E-state index contributed by atoms with van der Waals surface area (Å²) >= 11 is 16.4.